The molecule has 2 aromatic rings. The van der Waals surface area contributed by atoms with Crippen LogP contribution >= 0.6 is 11.3 Å². The fourth-order valence-electron chi connectivity index (χ4n) is 2.93. The van der Waals surface area contributed by atoms with Gasteiger partial charge in [0.15, 0.2) is 0 Å². The molecular weight excluding hydrogens is 272 g/mol. The number of rotatable bonds is 2. The SMILES string of the molecule is CC(=O)Cn1c(C)nc2sc3c(c2c1=O)CC[C@@H](C)C3. The molecule has 0 radical (unpaired) electrons. The van der Waals surface area contributed by atoms with Crippen molar-refractivity contribution in [2.75, 3.05) is 0 Å². The Labute approximate surface area is 121 Å². The van der Waals surface area contributed by atoms with Gasteiger partial charge in [-0.1, -0.05) is 6.92 Å². The summed E-state index contributed by atoms with van der Waals surface area (Å²) in [7, 11) is 0. The standard InChI is InChI=1S/C15H18N2O2S/c1-8-4-5-11-12(6-8)20-14-13(11)15(19)17(7-9(2)18)10(3)16-14/h8H,4-7H2,1-3H3/t8-/m1/s1. The average Bonchev–Trinajstić information content (AvgIpc) is 2.71. The van der Waals surface area contributed by atoms with E-state index < -0.39 is 0 Å². The number of carbonyl (C=O) groups is 1. The van der Waals surface area contributed by atoms with Crippen molar-refractivity contribution >= 4 is 27.3 Å². The summed E-state index contributed by atoms with van der Waals surface area (Å²) >= 11 is 1.65. The van der Waals surface area contributed by atoms with E-state index in [1.54, 1.807) is 18.3 Å². The van der Waals surface area contributed by atoms with E-state index in [9.17, 15) is 9.59 Å². The molecule has 0 unspecified atom stereocenters. The van der Waals surface area contributed by atoms with Crippen LogP contribution in [0.15, 0.2) is 4.79 Å². The van der Waals surface area contributed by atoms with Crippen molar-refractivity contribution in [3.05, 3.63) is 26.6 Å². The van der Waals surface area contributed by atoms with Gasteiger partial charge in [-0.2, -0.15) is 0 Å². The van der Waals surface area contributed by atoms with Crippen molar-refractivity contribution in [2.45, 2.75) is 46.6 Å². The molecule has 0 fully saturated rings. The molecule has 106 valence electrons. The lowest BCUT2D eigenvalue weighted by Gasteiger charge is -2.17. The fraction of sp³-hybridized carbons (Fsp3) is 0.533. The van der Waals surface area contributed by atoms with Crippen molar-refractivity contribution < 1.29 is 4.79 Å². The first kappa shape index (κ1) is 13.5. The minimum Gasteiger partial charge on any atom is -0.298 e. The van der Waals surface area contributed by atoms with Crippen LogP contribution in [0.3, 0.4) is 0 Å². The lowest BCUT2D eigenvalue weighted by molar-refractivity contribution is -0.117. The van der Waals surface area contributed by atoms with Gasteiger partial charge in [0.2, 0.25) is 0 Å². The Hall–Kier alpha value is -1.49. The van der Waals surface area contributed by atoms with Gasteiger partial charge >= 0.3 is 0 Å². The molecule has 2 heterocycles. The minimum absolute atomic E-state index is 0.0194. The van der Waals surface area contributed by atoms with Crippen molar-refractivity contribution in [2.24, 2.45) is 5.92 Å². The third-order valence-electron chi connectivity index (χ3n) is 3.99. The summed E-state index contributed by atoms with van der Waals surface area (Å²) in [5.41, 5.74) is 1.13. The zero-order chi connectivity index (χ0) is 14.4. The molecule has 2 aromatic heterocycles. The lowest BCUT2D eigenvalue weighted by atomic mass is 9.89. The van der Waals surface area contributed by atoms with Gasteiger partial charge in [0.1, 0.15) is 16.4 Å². The van der Waals surface area contributed by atoms with E-state index in [-0.39, 0.29) is 17.9 Å². The molecule has 4 nitrogen and oxygen atoms in total. The van der Waals surface area contributed by atoms with E-state index in [2.05, 4.69) is 11.9 Å². The van der Waals surface area contributed by atoms with Gasteiger partial charge in [0, 0.05) is 4.88 Å². The normalized spacial score (nSPS) is 18.2. The van der Waals surface area contributed by atoms with Gasteiger partial charge in [-0.15, -0.1) is 11.3 Å². The highest BCUT2D eigenvalue weighted by Crippen LogP contribution is 2.35. The van der Waals surface area contributed by atoms with Crippen LogP contribution in [0.25, 0.3) is 10.2 Å². The summed E-state index contributed by atoms with van der Waals surface area (Å²) in [5.74, 6) is 1.29. The molecule has 0 N–H and O–H groups in total. The average molecular weight is 290 g/mol. The summed E-state index contributed by atoms with van der Waals surface area (Å²) in [4.78, 5) is 30.7. The number of nitrogens with zero attached hydrogens (tertiary/aromatic N) is 2. The van der Waals surface area contributed by atoms with Gasteiger partial charge in [-0.25, -0.2) is 4.98 Å². The maximum atomic E-state index is 12.7. The molecule has 3 rings (SSSR count). The summed E-state index contributed by atoms with van der Waals surface area (Å²) in [6, 6.07) is 0. The molecule has 1 aliphatic rings. The second-order valence-electron chi connectivity index (χ2n) is 5.78. The molecule has 0 aliphatic heterocycles. The molecule has 0 bridgehead atoms. The largest absolute Gasteiger partial charge is 0.298 e. The van der Waals surface area contributed by atoms with Crippen LogP contribution in [-0.2, 0) is 24.2 Å². The van der Waals surface area contributed by atoms with Gasteiger partial charge < -0.3 is 0 Å². The molecule has 1 atom stereocenters. The highest BCUT2D eigenvalue weighted by molar-refractivity contribution is 7.18. The fourth-order valence-corrected chi connectivity index (χ4v) is 4.35. The number of fused-ring (bicyclic) bond motifs is 3. The number of aryl methyl sites for hydroxylation is 2. The van der Waals surface area contributed by atoms with E-state index in [4.69, 9.17) is 0 Å². The number of carbonyl (C=O) groups excluding carboxylic acids is 1. The smallest absolute Gasteiger partial charge is 0.262 e. The Bertz CT molecular complexity index is 757. The van der Waals surface area contributed by atoms with E-state index in [0.717, 1.165) is 29.5 Å². The molecule has 5 heteroatoms. The van der Waals surface area contributed by atoms with Crippen LogP contribution < -0.4 is 5.56 Å². The molecule has 0 amide bonds. The van der Waals surface area contributed by atoms with E-state index >= 15 is 0 Å². The Morgan fingerprint density at radius 2 is 2.25 bits per heavy atom. The Morgan fingerprint density at radius 1 is 1.50 bits per heavy atom. The summed E-state index contributed by atoms with van der Waals surface area (Å²) < 4.78 is 1.51. The molecule has 0 aromatic carbocycles. The van der Waals surface area contributed by atoms with Crippen LogP contribution in [0.5, 0.6) is 0 Å². The molecular formula is C15H18N2O2S. The first-order valence-electron chi connectivity index (χ1n) is 6.98. The monoisotopic (exact) mass is 290 g/mol. The third-order valence-corrected chi connectivity index (χ3v) is 5.14. The lowest BCUT2D eigenvalue weighted by Crippen LogP contribution is -2.27. The first-order valence-corrected chi connectivity index (χ1v) is 7.80. The highest BCUT2D eigenvalue weighted by Gasteiger charge is 2.24. The number of hydrogen-bond donors (Lipinski definition) is 0. The topological polar surface area (TPSA) is 52.0 Å². The summed E-state index contributed by atoms with van der Waals surface area (Å²) in [5, 5.41) is 0.753. The Morgan fingerprint density at radius 3 is 2.95 bits per heavy atom. The van der Waals surface area contributed by atoms with Crippen molar-refractivity contribution in [3.8, 4) is 0 Å². The number of thiophene rings is 1. The van der Waals surface area contributed by atoms with Gasteiger partial charge in [-0.05, 0) is 44.6 Å². The number of Topliss-reactive ketones (excluding diaryl/α,β-unsaturated/α-hetero) is 1. The van der Waals surface area contributed by atoms with Crippen molar-refractivity contribution in [1.82, 2.24) is 9.55 Å². The van der Waals surface area contributed by atoms with E-state index in [1.165, 1.54) is 21.9 Å². The van der Waals surface area contributed by atoms with Crippen LogP contribution in [0, 0.1) is 12.8 Å². The first-order chi connectivity index (χ1) is 9.47. The van der Waals surface area contributed by atoms with Gasteiger partial charge in [-0.3, -0.25) is 14.2 Å². The molecule has 0 saturated carbocycles. The van der Waals surface area contributed by atoms with Gasteiger partial charge in [0.05, 0.1) is 11.9 Å². The summed E-state index contributed by atoms with van der Waals surface area (Å²) in [6.07, 6.45) is 3.12. The van der Waals surface area contributed by atoms with Crippen molar-refractivity contribution in [1.29, 1.82) is 0 Å². The third kappa shape index (κ3) is 2.10. The van der Waals surface area contributed by atoms with Crippen LogP contribution in [0.4, 0.5) is 0 Å². The zero-order valence-corrected chi connectivity index (χ0v) is 12.8. The molecule has 1 aliphatic carbocycles. The maximum Gasteiger partial charge on any atom is 0.262 e. The predicted molar refractivity (Wildman–Crippen MR) is 80.5 cm³/mol. The second kappa shape index (κ2) is 4.81. The summed E-state index contributed by atoms with van der Waals surface area (Å²) in [6.45, 7) is 5.67. The highest BCUT2D eigenvalue weighted by atomic mass is 32.1. The molecule has 0 saturated heterocycles. The quantitative estimate of drug-likeness (QED) is 0.854. The van der Waals surface area contributed by atoms with E-state index in [0.29, 0.717) is 11.7 Å². The maximum absolute atomic E-state index is 12.7. The van der Waals surface area contributed by atoms with Crippen LogP contribution in [0.1, 0.15) is 36.5 Å². The molecule has 20 heavy (non-hydrogen) atoms. The zero-order valence-electron chi connectivity index (χ0n) is 12.0. The predicted octanol–water partition coefficient (Wildman–Crippen LogP) is 2.48. The minimum atomic E-state index is -0.0465. The number of hydrogen-bond acceptors (Lipinski definition) is 4. The number of aromatic nitrogens is 2. The molecule has 0 spiro atoms. The van der Waals surface area contributed by atoms with Crippen molar-refractivity contribution in [3.63, 3.8) is 0 Å². The van der Waals surface area contributed by atoms with E-state index in [1.807, 2.05) is 0 Å². The Balaban J connectivity index is 2.26. The second-order valence-corrected chi connectivity index (χ2v) is 6.87. The van der Waals surface area contributed by atoms with Crippen LogP contribution in [0.2, 0.25) is 0 Å². The Kier molecular flexibility index (Phi) is 3.24. The van der Waals surface area contributed by atoms with Gasteiger partial charge in [0.25, 0.3) is 5.56 Å². The number of ketones is 1. The van der Waals surface area contributed by atoms with Crippen LogP contribution in [-0.4, -0.2) is 15.3 Å².